The normalized spacial score (nSPS) is 28.8. The number of halogens is 2. The fourth-order valence-electron chi connectivity index (χ4n) is 3.36. The number of carbonyl (C=O) groups excluding carboxylic acids is 1. The molecular weight excluding hydrogens is 327 g/mol. The van der Waals surface area contributed by atoms with Gasteiger partial charge in [-0.1, -0.05) is 41.4 Å². The predicted octanol–water partition coefficient (Wildman–Crippen LogP) is 3.56. The minimum atomic E-state index is -0.937. The van der Waals surface area contributed by atoms with E-state index in [2.05, 4.69) is 0 Å². The summed E-state index contributed by atoms with van der Waals surface area (Å²) in [6.45, 7) is 0.0552. The standard InChI is InChI=1S/C16H14Cl2O4/c17-11-4-1-8(5-12(11)18)7-22-16(21)14-10-3-2-9(6-10)13(14)15(19)20/h1-5,9-10,13-14H,6-7H2,(H,19,20)/t9-,10-,13+,14-/m0/s1. The van der Waals surface area contributed by atoms with Gasteiger partial charge in [-0.05, 0) is 36.0 Å². The summed E-state index contributed by atoms with van der Waals surface area (Å²) < 4.78 is 5.30. The van der Waals surface area contributed by atoms with E-state index in [1.807, 2.05) is 12.2 Å². The highest BCUT2D eigenvalue weighted by molar-refractivity contribution is 6.42. The van der Waals surface area contributed by atoms with Crippen molar-refractivity contribution in [1.82, 2.24) is 0 Å². The number of fused-ring (bicyclic) bond motifs is 2. The van der Waals surface area contributed by atoms with Gasteiger partial charge in [-0.25, -0.2) is 0 Å². The number of carboxylic acids is 1. The maximum Gasteiger partial charge on any atom is 0.310 e. The molecule has 4 atom stereocenters. The van der Waals surface area contributed by atoms with Gasteiger partial charge in [-0.15, -0.1) is 0 Å². The average Bonchev–Trinajstić information content (AvgIpc) is 3.08. The Morgan fingerprint density at radius 2 is 1.82 bits per heavy atom. The number of aliphatic carboxylic acids is 1. The van der Waals surface area contributed by atoms with Crippen molar-refractivity contribution in [3.8, 4) is 0 Å². The summed E-state index contributed by atoms with van der Waals surface area (Å²) in [4.78, 5) is 23.7. The van der Waals surface area contributed by atoms with Crippen LogP contribution in [0, 0.1) is 23.7 Å². The summed E-state index contributed by atoms with van der Waals surface area (Å²) in [6, 6.07) is 4.98. The molecule has 2 aliphatic rings. The van der Waals surface area contributed by atoms with Crippen molar-refractivity contribution in [2.75, 3.05) is 0 Å². The Morgan fingerprint density at radius 1 is 1.14 bits per heavy atom. The minimum Gasteiger partial charge on any atom is -0.481 e. The van der Waals surface area contributed by atoms with Crippen LogP contribution in [0.15, 0.2) is 30.4 Å². The maximum atomic E-state index is 12.3. The van der Waals surface area contributed by atoms with Gasteiger partial charge in [0.05, 0.1) is 21.9 Å². The zero-order valence-corrected chi connectivity index (χ0v) is 13.1. The number of hydrogen-bond acceptors (Lipinski definition) is 3. The first kappa shape index (κ1) is 15.4. The van der Waals surface area contributed by atoms with Crippen molar-refractivity contribution in [2.24, 2.45) is 23.7 Å². The van der Waals surface area contributed by atoms with E-state index in [0.717, 1.165) is 0 Å². The second-order valence-electron chi connectivity index (χ2n) is 5.69. The lowest BCUT2D eigenvalue weighted by atomic mass is 9.83. The third-order valence-corrected chi connectivity index (χ3v) is 5.12. The SMILES string of the molecule is O=C(OCc1ccc(Cl)c(Cl)c1)[C@@H]1[C@H](C(=O)O)[C@H]2C=C[C@H]1C2. The smallest absolute Gasteiger partial charge is 0.310 e. The molecule has 0 saturated heterocycles. The van der Waals surface area contributed by atoms with Crippen LogP contribution < -0.4 is 0 Å². The topological polar surface area (TPSA) is 63.6 Å². The third-order valence-electron chi connectivity index (χ3n) is 4.38. The number of benzene rings is 1. The number of carbonyl (C=O) groups is 2. The molecule has 1 saturated carbocycles. The summed E-state index contributed by atoms with van der Waals surface area (Å²) in [5, 5.41) is 10.2. The quantitative estimate of drug-likeness (QED) is 0.672. The number of ether oxygens (including phenoxy) is 1. The lowest BCUT2D eigenvalue weighted by molar-refractivity contribution is -0.159. The van der Waals surface area contributed by atoms with Gasteiger partial charge in [0.2, 0.25) is 0 Å². The molecule has 0 heterocycles. The van der Waals surface area contributed by atoms with E-state index in [-0.39, 0.29) is 18.4 Å². The molecule has 2 aliphatic carbocycles. The van der Waals surface area contributed by atoms with E-state index in [0.29, 0.717) is 22.0 Å². The Morgan fingerprint density at radius 3 is 2.45 bits per heavy atom. The molecule has 1 fully saturated rings. The molecule has 4 nitrogen and oxygen atoms in total. The number of allylic oxidation sites excluding steroid dienone is 2. The molecule has 0 aromatic heterocycles. The maximum absolute atomic E-state index is 12.3. The predicted molar refractivity (Wildman–Crippen MR) is 81.6 cm³/mol. The van der Waals surface area contributed by atoms with E-state index in [9.17, 15) is 14.7 Å². The van der Waals surface area contributed by atoms with E-state index < -0.39 is 23.8 Å². The van der Waals surface area contributed by atoms with Gasteiger partial charge in [0.15, 0.2) is 0 Å². The second-order valence-corrected chi connectivity index (χ2v) is 6.51. The highest BCUT2D eigenvalue weighted by Crippen LogP contribution is 2.48. The molecule has 0 spiro atoms. The second kappa shape index (κ2) is 5.94. The van der Waals surface area contributed by atoms with Gasteiger partial charge in [-0.2, -0.15) is 0 Å². The fourth-order valence-corrected chi connectivity index (χ4v) is 3.68. The summed E-state index contributed by atoms with van der Waals surface area (Å²) in [7, 11) is 0. The molecule has 1 N–H and O–H groups in total. The molecule has 6 heteroatoms. The lowest BCUT2D eigenvalue weighted by Crippen LogP contribution is -2.34. The van der Waals surface area contributed by atoms with Crippen LogP contribution in [0.2, 0.25) is 10.0 Å². The van der Waals surface area contributed by atoms with Crippen LogP contribution >= 0.6 is 23.2 Å². The monoisotopic (exact) mass is 340 g/mol. The van der Waals surface area contributed by atoms with Crippen molar-refractivity contribution in [1.29, 1.82) is 0 Å². The van der Waals surface area contributed by atoms with Gasteiger partial charge in [0.1, 0.15) is 6.61 Å². The van der Waals surface area contributed by atoms with Crippen LogP contribution in [-0.2, 0) is 20.9 Å². The largest absolute Gasteiger partial charge is 0.481 e. The summed E-state index contributed by atoms with van der Waals surface area (Å²) in [5.74, 6) is -2.78. The van der Waals surface area contributed by atoms with Gasteiger partial charge in [-0.3, -0.25) is 9.59 Å². The molecule has 0 radical (unpaired) electrons. The Hall–Kier alpha value is -1.52. The summed E-state index contributed by atoms with van der Waals surface area (Å²) >= 11 is 11.7. The molecule has 22 heavy (non-hydrogen) atoms. The molecule has 2 bridgehead atoms. The van der Waals surface area contributed by atoms with E-state index >= 15 is 0 Å². The molecular formula is C16H14Cl2O4. The van der Waals surface area contributed by atoms with Crippen LogP contribution in [0.4, 0.5) is 0 Å². The number of esters is 1. The van der Waals surface area contributed by atoms with E-state index in [1.165, 1.54) is 0 Å². The van der Waals surface area contributed by atoms with Crippen molar-refractivity contribution < 1.29 is 19.4 Å². The molecule has 1 aromatic rings. The van der Waals surface area contributed by atoms with Crippen molar-refractivity contribution >= 4 is 35.1 Å². The van der Waals surface area contributed by atoms with E-state index in [4.69, 9.17) is 27.9 Å². The first-order valence-corrected chi connectivity index (χ1v) is 7.74. The molecule has 3 rings (SSSR count). The molecule has 0 aliphatic heterocycles. The van der Waals surface area contributed by atoms with Crippen LogP contribution in [0.5, 0.6) is 0 Å². The van der Waals surface area contributed by atoms with Crippen molar-refractivity contribution in [3.63, 3.8) is 0 Å². The molecule has 116 valence electrons. The zero-order valence-electron chi connectivity index (χ0n) is 11.5. The summed E-state index contributed by atoms with van der Waals surface area (Å²) in [5.41, 5.74) is 0.716. The number of rotatable bonds is 4. The van der Waals surface area contributed by atoms with Crippen LogP contribution in [-0.4, -0.2) is 17.0 Å². The van der Waals surface area contributed by atoms with Crippen LogP contribution in [0.25, 0.3) is 0 Å². The Kier molecular flexibility index (Phi) is 4.15. The van der Waals surface area contributed by atoms with Crippen LogP contribution in [0.1, 0.15) is 12.0 Å². The highest BCUT2D eigenvalue weighted by atomic mass is 35.5. The highest BCUT2D eigenvalue weighted by Gasteiger charge is 2.52. The Bertz CT molecular complexity index is 656. The van der Waals surface area contributed by atoms with Gasteiger partial charge >= 0.3 is 11.9 Å². The Balaban J connectivity index is 1.68. The zero-order chi connectivity index (χ0) is 15.9. The lowest BCUT2D eigenvalue weighted by Gasteiger charge is -2.23. The van der Waals surface area contributed by atoms with Gasteiger partial charge in [0.25, 0.3) is 0 Å². The summed E-state index contributed by atoms with van der Waals surface area (Å²) in [6.07, 6.45) is 4.53. The fraction of sp³-hybridized carbons (Fsp3) is 0.375. The molecule has 0 unspecified atom stereocenters. The molecule has 0 amide bonds. The first-order valence-electron chi connectivity index (χ1n) is 6.99. The third kappa shape index (κ3) is 2.73. The van der Waals surface area contributed by atoms with Crippen molar-refractivity contribution in [3.05, 3.63) is 46.0 Å². The Labute approximate surface area is 137 Å². The average molecular weight is 341 g/mol. The number of carboxylic acid groups (broad SMARTS) is 1. The minimum absolute atomic E-state index is 0.0348. The van der Waals surface area contributed by atoms with Gasteiger partial charge < -0.3 is 9.84 Å². The van der Waals surface area contributed by atoms with Gasteiger partial charge in [0, 0.05) is 0 Å². The number of hydrogen-bond donors (Lipinski definition) is 1. The van der Waals surface area contributed by atoms with Crippen molar-refractivity contribution in [2.45, 2.75) is 13.0 Å². The van der Waals surface area contributed by atoms with Crippen LogP contribution in [0.3, 0.4) is 0 Å². The van der Waals surface area contributed by atoms with E-state index in [1.54, 1.807) is 18.2 Å². The molecule has 1 aromatic carbocycles. The first-order chi connectivity index (χ1) is 10.5.